The van der Waals surface area contributed by atoms with Gasteiger partial charge in [-0.2, -0.15) is 12.1 Å². The first kappa shape index (κ1) is 29.9. The fraction of sp³-hybridized carbons (Fsp3) is 0.0909. The molecular weight excluding hydrogens is 411 g/mol. The van der Waals surface area contributed by atoms with Crippen molar-refractivity contribution in [1.82, 2.24) is 0 Å². The zero-order chi connectivity index (χ0) is 15.9. The Balaban J connectivity index is -0.000000326. The molecule has 0 spiro atoms. The molecule has 0 aliphatic heterocycles. The summed E-state index contributed by atoms with van der Waals surface area (Å²) in [7, 11) is 2.97. The van der Waals surface area contributed by atoms with Crippen LogP contribution in [0, 0.1) is 28.7 Å². The Morgan fingerprint density at radius 3 is 1.27 bits per heavy atom. The van der Waals surface area contributed by atoms with Gasteiger partial charge in [0.1, 0.15) is 0 Å². The Morgan fingerprint density at radius 1 is 0.654 bits per heavy atom. The van der Waals surface area contributed by atoms with Crippen molar-refractivity contribution >= 4 is 54.0 Å². The topological polar surface area (TPSA) is 0 Å². The molecule has 0 heterocycles. The number of fused-ring (bicyclic) bond motifs is 2. The van der Waals surface area contributed by atoms with Crippen molar-refractivity contribution in [2.75, 3.05) is 0 Å². The van der Waals surface area contributed by atoms with Crippen LogP contribution in [-0.2, 0) is 19.2 Å². The number of rotatable bonds is 0. The molecule has 0 atom stereocenters. The summed E-state index contributed by atoms with van der Waals surface area (Å²) >= 11 is 1.81. The summed E-state index contributed by atoms with van der Waals surface area (Å²) in [6.45, 7) is 4.25. The van der Waals surface area contributed by atoms with E-state index in [0.29, 0.717) is 0 Å². The van der Waals surface area contributed by atoms with Crippen molar-refractivity contribution in [1.29, 1.82) is 0 Å². The molecule has 0 unspecified atom stereocenters. The van der Waals surface area contributed by atoms with E-state index >= 15 is 0 Å². The molecule has 140 valence electrons. The molecule has 0 aliphatic rings. The zero-order valence-electron chi connectivity index (χ0n) is 15.7. The van der Waals surface area contributed by atoms with Crippen LogP contribution in [0.3, 0.4) is 0 Å². The van der Waals surface area contributed by atoms with Gasteiger partial charge < -0.3 is 14.9 Å². The maximum absolute atomic E-state index is 2.97. The van der Waals surface area contributed by atoms with Gasteiger partial charge >= 0.3 is 26.8 Å². The molecule has 0 saturated heterocycles. The molecule has 4 rings (SSSR count). The molecule has 0 aromatic heterocycles. The fourth-order valence-corrected chi connectivity index (χ4v) is 2.61. The SMILES string of the molecule is Cc1cc2ccccc2[cH-]1.Cc1cc2ccccc2[cH-]1.Cl.Cl.[CH3-].[CH3-].[Si]=[Ti]. The van der Waals surface area contributed by atoms with Gasteiger partial charge in [-0.25, -0.2) is 0 Å². The summed E-state index contributed by atoms with van der Waals surface area (Å²) < 4.78 is 0. The summed E-state index contributed by atoms with van der Waals surface area (Å²) in [5, 5.41) is 5.39. The number of hydrogen-bond donors (Lipinski definition) is 0. The average molecular weight is 437 g/mol. The third-order valence-corrected chi connectivity index (χ3v) is 3.52. The molecule has 0 bridgehead atoms. The van der Waals surface area contributed by atoms with E-state index in [2.05, 4.69) is 94.3 Å². The molecule has 4 aromatic rings. The van der Waals surface area contributed by atoms with Crippen LogP contribution >= 0.6 is 24.8 Å². The van der Waals surface area contributed by atoms with Crippen molar-refractivity contribution < 1.29 is 19.2 Å². The van der Waals surface area contributed by atoms with Gasteiger partial charge in [0.2, 0.25) is 0 Å². The van der Waals surface area contributed by atoms with Crippen molar-refractivity contribution in [3.63, 3.8) is 0 Å². The van der Waals surface area contributed by atoms with Gasteiger partial charge in [0.25, 0.3) is 0 Å². The van der Waals surface area contributed by atoms with Crippen LogP contribution in [0.15, 0.2) is 72.8 Å². The van der Waals surface area contributed by atoms with E-state index in [0.717, 1.165) is 0 Å². The molecule has 0 amide bonds. The van der Waals surface area contributed by atoms with Crippen LogP contribution in [0.4, 0.5) is 0 Å². The molecule has 0 aliphatic carbocycles. The van der Waals surface area contributed by atoms with Gasteiger partial charge in [0.05, 0.1) is 0 Å². The third-order valence-electron chi connectivity index (χ3n) is 3.52. The van der Waals surface area contributed by atoms with E-state index in [-0.39, 0.29) is 39.7 Å². The second-order valence-electron chi connectivity index (χ2n) is 5.32. The molecule has 0 saturated carbocycles. The standard InChI is InChI=1S/2C10H9.2CH3.2ClH.Si.Ti/c2*1-8-6-9-4-2-3-5-10(9)7-8;;;;;;/h2*2-7H,1H3;2*1H3;2*1H;;/q4*-1;;;;. The van der Waals surface area contributed by atoms with Gasteiger partial charge in [-0.15, -0.1) is 106 Å². The first-order valence-electron chi connectivity index (χ1n) is 7.21. The summed E-state index contributed by atoms with van der Waals surface area (Å²) in [5.74, 6) is 0. The quantitative estimate of drug-likeness (QED) is 0.203. The Morgan fingerprint density at radius 2 is 0.962 bits per heavy atom. The molecule has 0 nitrogen and oxygen atoms in total. The van der Waals surface area contributed by atoms with Gasteiger partial charge in [-0.3, -0.25) is 0 Å². The van der Waals surface area contributed by atoms with E-state index in [9.17, 15) is 0 Å². The zero-order valence-corrected chi connectivity index (χ0v) is 19.9. The van der Waals surface area contributed by atoms with Gasteiger partial charge in [0, 0.05) is 0 Å². The number of halogens is 2. The molecule has 4 heteroatoms. The van der Waals surface area contributed by atoms with Crippen LogP contribution in [0.5, 0.6) is 0 Å². The van der Waals surface area contributed by atoms with Gasteiger partial charge in [-0.1, -0.05) is 26.0 Å². The summed E-state index contributed by atoms with van der Waals surface area (Å²) in [4.78, 5) is 0. The van der Waals surface area contributed by atoms with Crippen LogP contribution in [0.25, 0.3) is 21.5 Å². The number of hydrogen-bond acceptors (Lipinski definition) is 0. The Labute approximate surface area is 185 Å². The first-order valence-corrected chi connectivity index (χ1v) is 10.1. The van der Waals surface area contributed by atoms with Crippen LogP contribution in [-0.4, -0.2) is 7.63 Å². The molecular formula is C22H26Cl2SiTi-4. The van der Waals surface area contributed by atoms with E-state index < -0.39 is 0 Å². The summed E-state index contributed by atoms with van der Waals surface area (Å²) in [5.41, 5.74) is 2.70. The van der Waals surface area contributed by atoms with E-state index in [1.165, 1.54) is 32.7 Å². The average Bonchev–Trinajstić information content (AvgIpc) is 3.10. The van der Waals surface area contributed by atoms with Crippen LogP contribution < -0.4 is 0 Å². The van der Waals surface area contributed by atoms with Gasteiger partial charge in [0.15, 0.2) is 0 Å². The van der Waals surface area contributed by atoms with Gasteiger partial charge in [-0.05, 0) is 0 Å². The number of benzene rings is 2. The molecule has 4 aromatic carbocycles. The van der Waals surface area contributed by atoms with E-state index in [4.69, 9.17) is 0 Å². The normalized spacial score (nSPS) is 8.19. The second kappa shape index (κ2) is 15.3. The van der Waals surface area contributed by atoms with E-state index in [1.54, 1.807) is 19.2 Å². The van der Waals surface area contributed by atoms with Crippen molar-refractivity contribution in [3.8, 4) is 0 Å². The summed E-state index contributed by atoms with van der Waals surface area (Å²) in [6, 6.07) is 25.7. The Kier molecular flexibility index (Phi) is 17.5. The molecule has 26 heavy (non-hydrogen) atoms. The fourth-order valence-electron chi connectivity index (χ4n) is 2.61. The first-order chi connectivity index (χ1) is 10.7. The van der Waals surface area contributed by atoms with Crippen molar-refractivity contribution in [2.45, 2.75) is 13.8 Å². The second-order valence-corrected chi connectivity index (χ2v) is 5.32. The molecule has 2 radical (unpaired) electrons. The van der Waals surface area contributed by atoms with Crippen molar-refractivity contribution in [3.05, 3.63) is 98.8 Å². The van der Waals surface area contributed by atoms with Crippen molar-refractivity contribution in [2.24, 2.45) is 0 Å². The number of aryl methyl sites for hydroxylation is 2. The minimum absolute atomic E-state index is 0. The summed E-state index contributed by atoms with van der Waals surface area (Å²) in [6.07, 6.45) is 0. The van der Waals surface area contributed by atoms with Crippen LogP contribution in [0.2, 0.25) is 0 Å². The Hall–Kier alpha value is -0.829. The molecule has 0 N–H and O–H groups in total. The van der Waals surface area contributed by atoms with E-state index in [1.807, 2.05) is 0 Å². The monoisotopic (exact) mass is 436 g/mol. The predicted molar refractivity (Wildman–Crippen MR) is 122 cm³/mol. The Bertz CT molecular complexity index is 726. The third kappa shape index (κ3) is 8.24. The molecule has 0 fully saturated rings. The minimum atomic E-state index is 0. The maximum atomic E-state index is 2.97. The predicted octanol–water partition coefficient (Wildman–Crippen LogP) is 7.10. The van der Waals surface area contributed by atoms with Crippen LogP contribution in [0.1, 0.15) is 11.1 Å².